The Labute approximate surface area is 120 Å². The molecule has 1 rings (SSSR count). The highest BCUT2D eigenvalue weighted by Gasteiger charge is 2.28. The topological polar surface area (TPSA) is 37.4 Å². The molecule has 7 heteroatoms. The second-order valence-corrected chi connectivity index (χ2v) is 7.27. The molecule has 0 N–H and O–H groups in total. The smallest absolute Gasteiger partial charge is 0.207 e. The molecule has 0 aliphatic rings. The summed E-state index contributed by atoms with van der Waals surface area (Å²) in [6.45, 7) is 3.44. The average Bonchev–Trinajstić information content (AvgIpc) is 2.30. The summed E-state index contributed by atoms with van der Waals surface area (Å²) in [5, 5.41) is 0. The summed E-state index contributed by atoms with van der Waals surface area (Å²) in [7, 11) is -2.44. The second kappa shape index (κ2) is 5.86. The molecule has 1 aromatic carbocycles. The molecule has 0 unspecified atom stereocenters. The van der Waals surface area contributed by atoms with Gasteiger partial charge in [-0.05, 0) is 26.0 Å². The molecule has 0 atom stereocenters. The molecule has 0 heterocycles. The SMILES string of the molecule is CC(C)N(C)S(=O)(=O)c1cc(Br)cc(CCl)c1F. The second-order valence-electron chi connectivity index (χ2n) is 4.13. The standard InChI is InChI=1S/C11H14BrClFNO2S/c1-7(2)15(3)18(16,17)10-5-9(12)4-8(6-13)11(10)14/h4-5,7H,6H2,1-3H3. The van der Waals surface area contributed by atoms with Crippen LogP contribution in [0.1, 0.15) is 19.4 Å². The van der Waals surface area contributed by atoms with Gasteiger partial charge in [-0.25, -0.2) is 12.8 Å². The van der Waals surface area contributed by atoms with Crippen LogP contribution >= 0.6 is 27.5 Å². The number of sulfonamides is 1. The Hall–Kier alpha value is -0.170. The number of hydrogen-bond donors (Lipinski definition) is 0. The van der Waals surface area contributed by atoms with Crippen LogP contribution in [-0.2, 0) is 15.9 Å². The maximum Gasteiger partial charge on any atom is 0.246 e. The van der Waals surface area contributed by atoms with Crippen LogP contribution in [0.4, 0.5) is 4.39 Å². The molecule has 0 amide bonds. The molecule has 18 heavy (non-hydrogen) atoms. The van der Waals surface area contributed by atoms with Crippen molar-refractivity contribution in [2.24, 2.45) is 0 Å². The van der Waals surface area contributed by atoms with Gasteiger partial charge < -0.3 is 0 Å². The van der Waals surface area contributed by atoms with Gasteiger partial charge >= 0.3 is 0 Å². The molecule has 0 bridgehead atoms. The summed E-state index contributed by atoms with van der Waals surface area (Å²) in [4.78, 5) is -0.358. The molecule has 1 aromatic rings. The first kappa shape index (κ1) is 15.9. The van der Waals surface area contributed by atoms with E-state index in [-0.39, 0.29) is 22.4 Å². The van der Waals surface area contributed by atoms with Gasteiger partial charge in [0.25, 0.3) is 0 Å². The summed E-state index contributed by atoms with van der Waals surface area (Å²) in [6.07, 6.45) is 0. The highest BCUT2D eigenvalue weighted by molar-refractivity contribution is 9.10. The van der Waals surface area contributed by atoms with E-state index in [0.717, 1.165) is 4.31 Å². The van der Waals surface area contributed by atoms with E-state index in [4.69, 9.17) is 11.6 Å². The third-order valence-electron chi connectivity index (χ3n) is 2.61. The Bertz CT molecular complexity index is 548. The van der Waals surface area contributed by atoms with Gasteiger partial charge in [-0.2, -0.15) is 4.31 Å². The van der Waals surface area contributed by atoms with Crippen molar-refractivity contribution >= 4 is 37.6 Å². The van der Waals surface area contributed by atoms with Gasteiger partial charge in [0.1, 0.15) is 10.7 Å². The predicted octanol–water partition coefficient (Wildman–Crippen LogP) is 3.36. The highest BCUT2D eigenvalue weighted by atomic mass is 79.9. The van der Waals surface area contributed by atoms with Gasteiger partial charge in [0.05, 0.1) is 5.88 Å². The lowest BCUT2D eigenvalue weighted by Gasteiger charge is -2.21. The fourth-order valence-electron chi connectivity index (χ4n) is 1.34. The number of hydrogen-bond acceptors (Lipinski definition) is 2. The molecule has 0 aliphatic carbocycles. The van der Waals surface area contributed by atoms with Gasteiger partial charge in [0.15, 0.2) is 0 Å². The Morgan fingerprint density at radius 1 is 1.44 bits per heavy atom. The van der Waals surface area contributed by atoms with Crippen LogP contribution in [0.25, 0.3) is 0 Å². The number of halogens is 3. The van der Waals surface area contributed by atoms with E-state index in [9.17, 15) is 12.8 Å². The van der Waals surface area contributed by atoms with Gasteiger partial charge in [-0.1, -0.05) is 15.9 Å². The molecule has 0 spiro atoms. The van der Waals surface area contributed by atoms with Crippen LogP contribution in [0, 0.1) is 5.82 Å². The zero-order valence-corrected chi connectivity index (χ0v) is 13.4. The van der Waals surface area contributed by atoms with E-state index >= 15 is 0 Å². The Morgan fingerprint density at radius 3 is 2.44 bits per heavy atom. The minimum absolute atomic E-state index is 0.0841. The fourth-order valence-corrected chi connectivity index (χ4v) is 3.69. The Balaban J connectivity index is 3.46. The fraction of sp³-hybridized carbons (Fsp3) is 0.455. The van der Waals surface area contributed by atoms with E-state index in [2.05, 4.69) is 15.9 Å². The molecule has 0 aliphatic heterocycles. The van der Waals surface area contributed by atoms with E-state index in [1.807, 2.05) is 0 Å². The van der Waals surface area contributed by atoms with E-state index in [0.29, 0.717) is 4.47 Å². The third-order valence-corrected chi connectivity index (χ3v) is 5.39. The zero-order valence-electron chi connectivity index (χ0n) is 10.2. The number of rotatable bonds is 4. The minimum Gasteiger partial charge on any atom is -0.207 e. The van der Waals surface area contributed by atoms with Gasteiger partial charge in [0.2, 0.25) is 10.0 Å². The van der Waals surface area contributed by atoms with Crippen LogP contribution in [-0.4, -0.2) is 25.8 Å². The minimum atomic E-state index is -3.85. The van der Waals surface area contributed by atoms with E-state index < -0.39 is 15.8 Å². The maximum absolute atomic E-state index is 14.1. The van der Waals surface area contributed by atoms with Gasteiger partial charge in [0, 0.05) is 23.1 Å². The largest absolute Gasteiger partial charge is 0.246 e. The molecule has 3 nitrogen and oxygen atoms in total. The van der Waals surface area contributed by atoms with Crippen LogP contribution in [0.3, 0.4) is 0 Å². The lowest BCUT2D eigenvalue weighted by Crippen LogP contribution is -2.33. The Kier molecular flexibility index (Phi) is 5.17. The first-order valence-corrected chi connectivity index (χ1v) is 8.00. The normalized spacial score (nSPS) is 12.4. The van der Waals surface area contributed by atoms with Gasteiger partial charge in [-0.3, -0.25) is 0 Å². The van der Waals surface area contributed by atoms with Crippen molar-refractivity contribution in [3.8, 4) is 0 Å². The summed E-state index contributed by atoms with van der Waals surface area (Å²) in [6, 6.07) is 2.46. The van der Waals surface area contributed by atoms with Crippen molar-refractivity contribution in [3.05, 3.63) is 28.0 Å². The van der Waals surface area contributed by atoms with Crippen molar-refractivity contribution < 1.29 is 12.8 Å². The van der Waals surface area contributed by atoms with E-state index in [1.165, 1.54) is 19.2 Å². The van der Waals surface area contributed by atoms with Crippen molar-refractivity contribution in [1.82, 2.24) is 4.31 Å². The van der Waals surface area contributed by atoms with Crippen molar-refractivity contribution in [1.29, 1.82) is 0 Å². The third kappa shape index (κ3) is 3.04. The number of nitrogens with zero attached hydrogens (tertiary/aromatic N) is 1. The van der Waals surface area contributed by atoms with Crippen molar-refractivity contribution in [2.45, 2.75) is 30.7 Å². The highest BCUT2D eigenvalue weighted by Crippen LogP contribution is 2.27. The van der Waals surface area contributed by atoms with Crippen LogP contribution in [0.15, 0.2) is 21.5 Å². The quantitative estimate of drug-likeness (QED) is 0.774. The molecular formula is C11H14BrClFNO2S. The van der Waals surface area contributed by atoms with Crippen molar-refractivity contribution in [3.63, 3.8) is 0 Å². The molecule has 0 saturated heterocycles. The lowest BCUT2D eigenvalue weighted by molar-refractivity contribution is 0.407. The Morgan fingerprint density at radius 2 is 2.00 bits per heavy atom. The molecule has 0 radical (unpaired) electrons. The zero-order chi connectivity index (χ0) is 14.1. The average molecular weight is 359 g/mol. The van der Waals surface area contributed by atoms with Crippen LogP contribution in [0.5, 0.6) is 0 Å². The van der Waals surface area contributed by atoms with Crippen LogP contribution < -0.4 is 0 Å². The van der Waals surface area contributed by atoms with E-state index in [1.54, 1.807) is 13.8 Å². The summed E-state index contributed by atoms with van der Waals surface area (Å²) < 4.78 is 40.1. The predicted molar refractivity (Wildman–Crippen MR) is 73.7 cm³/mol. The molecule has 0 fully saturated rings. The monoisotopic (exact) mass is 357 g/mol. The first-order valence-electron chi connectivity index (χ1n) is 5.23. The molecule has 0 aromatic heterocycles. The maximum atomic E-state index is 14.1. The molecule has 102 valence electrons. The van der Waals surface area contributed by atoms with Gasteiger partial charge in [-0.15, -0.1) is 11.6 Å². The first-order chi connectivity index (χ1) is 8.21. The number of alkyl halides is 1. The summed E-state index contributed by atoms with van der Waals surface area (Å²) in [5.74, 6) is -0.875. The number of benzene rings is 1. The molecular weight excluding hydrogens is 345 g/mol. The molecule has 0 saturated carbocycles. The summed E-state index contributed by atoms with van der Waals surface area (Å²) >= 11 is 8.76. The van der Waals surface area contributed by atoms with Crippen LogP contribution in [0.2, 0.25) is 0 Å². The van der Waals surface area contributed by atoms with Crippen molar-refractivity contribution in [2.75, 3.05) is 7.05 Å². The lowest BCUT2D eigenvalue weighted by atomic mass is 10.2. The summed E-state index contributed by atoms with van der Waals surface area (Å²) in [5.41, 5.74) is 0.154.